The summed E-state index contributed by atoms with van der Waals surface area (Å²) in [6.45, 7) is 3.41. The standard InChI is InChI=1S/C9H9NO3/c1-7(9(11)12)13-6-8-3-2-4-10-5-8/h2-5H,1,6H2,(H,11,12). The Morgan fingerprint density at radius 1 is 1.69 bits per heavy atom. The van der Waals surface area contributed by atoms with Crippen molar-refractivity contribution in [2.45, 2.75) is 6.61 Å². The number of hydrogen-bond donors (Lipinski definition) is 1. The van der Waals surface area contributed by atoms with Gasteiger partial charge in [-0.25, -0.2) is 4.79 Å². The number of carboxylic acid groups (broad SMARTS) is 1. The second-order valence-electron chi connectivity index (χ2n) is 2.38. The monoisotopic (exact) mass is 179 g/mol. The first-order valence-electron chi connectivity index (χ1n) is 3.64. The van der Waals surface area contributed by atoms with Gasteiger partial charge in [-0.3, -0.25) is 4.98 Å². The molecule has 0 aliphatic heterocycles. The molecule has 1 N–H and O–H groups in total. The minimum Gasteiger partial charge on any atom is -0.482 e. The molecule has 1 aromatic heterocycles. The number of aliphatic carboxylic acids is 1. The van der Waals surface area contributed by atoms with E-state index in [2.05, 4.69) is 11.6 Å². The lowest BCUT2D eigenvalue weighted by atomic mass is 10.3. The molecule has 0 saturated heterocycles. The summed E-state index contributed by atoms with van der Waals surface area (Å²) >= 11 is 0. The number of nitrogens with zero attached hydrogens (tertiary/aromatic N) is 1. The van der Waals surface area contributed by atoms with Crippen LogP contribution >= 0.6 is 0 Å². The molecule has 0 aromatic carbocycles. The Bertz CT molecular complexity index is 308. The van der Waals surface area contributed by atoms with Gasteiger partial charge in [0, 0.05) is 18.0 Å². The van der Waals surface area contributed by atoms with Gasteiger partial charge in [0.15, 0.2) is 5.76 Å². The minimum atomic E-state index is -1.15. The number of pyridine rings is 1. The molecule has 0 fully saturated rings. The molecule has 13 heavy (non-hydrogen) atoms. The normalized spacial score (nSPS) is 9.23. The SMILES string of the molecule is C=C(OCc1cccnc1)C(=O)O. The van der Waals surface area contributed by atoms with E-state index in [4.69, 9.17) is 9.84 Å². The van der Waals surface area contributed by atoms with Gasteiger partial charge in [0.05, 0.1) is 0 Å². The van der Waals surface area contributed by atoms with Gasteiger partial charge in [0.1, 0.15) is 6.61 Å². The quantitative estimate of drug-likeness (QED) is 0.557. The number of ether oxygens (including phenoxy) is 1. The van der Waals surface area contributed by atoms with Gasteiger partial charge in [0.2, 0.25) is 0 Å². The second-order valence-corrected chi connectivity index (χ2v) is 2.38. The molecule has 0 radical (unpaired) electrons. The zero-order valence-corrected chi connectivity index (χ0v) is 6.93. The molecule has 4 heteroatoms. The predicted molar refractivity (Wildman–Crippen MR) is 45.8 cm³/mol. The lowest BCUT2D eigenvalue weighted by Crippen LogP contribution is -2.03. The Balaban J connectivity index is 2.44. The summed E-state index contributed by atoms with van der Waals surface area (Å²) < 4.78 is 4.86. The summed E-state index contributed by atoms with van der Waals surface area (Å²) in [4.78, 5) is 14.1. The third kappa shape index (κ3) is 2.94. The average molecular weight is 179 g/mol. The van der Waals surface area contributed by atoms with Crippen molar-refractivity contribution in [1.29, 1.82) is 0 Å². The number of aromatic nitrogens is 1. The van der Waals surface area contributed by atoms with Crippen molar-refractivity contribution in [2.24, 2.45) is 0 Å². The Morgan fingerprint density at radius 3 is 3.00 bits per heavy atom. The number of rotatable bonds is 4. The zero-order chi connectivity index (χ0) is 9.68. The minimum absolute atomic E-state index is 0.180. The van der Waals surface area contributed by atoms with Gasteiger partial charge in [-0.1, -0.05) is 6.07 Å². The average Bonchev–Trinajstić information content (AvgIpc) is 2.15. The summed E-state index contributed by atoms with van der Waals surface area (Å²) in [5.41, 5.74) is 0.810. The van der Waals surface area contributed by atoms with Crippen molar-refractivity contribution >= 4 is 5.97 Å². The van der Waals surface area contributed by atoms with E-state index in [1.807, 2.05) is 0 Å². The summed E-state index contributed by atoms with van der Waals surface area (Å²) in [6, 6.07) is 3.55. The Hall–Kier alpha value is -1.84. The summed E-state index contributed by atoms with van der Waals surface area (Å²) in [5.74, 6) is -1.41. The topological polar surface area (TPSA) is 59.4 Å². The third-order valence-corrected chi connectivity index (χ3v) is 1.37. The van der Waals surface area contributed by atoms with E-state index in [0.29, 0.717) is 0 Å². The molecule has 0 spiro atoms. The van der Waals surface area contributed by atoms with Crippen LogP contribution in [0.2, 0.25) is 0 Å². The fraction of sp³-hybridized carbons (Fsp3) is 0.111. The van der Waals surface area contributed by atoms with Crippen LogP contribution in [-0.2, 0) is 16.1 Å². The smallest absolute Gasteiger partial charge is 0.370 e. The van der Waals surface area contributed by atoms with Gasteiger partial charge in [-0.05, 0) is 12.6 Å². The molecular weight excluding hydrogens is 170 g/mol. The van der Waals surface area contributed by atoms with Crippen molar-refractivity contribution in [2.75, 3.05) is 0 Å². The highest BCUT2D eigenvalue weighted by Crippen LogP contribution is 2.02. The molecule has 4 nitrogen and oxygen atoms in total. The van der Waals surface area contributed by atoms with Crippen LogP contribution in [0, 0.1) is 0 Å². The van der Waals surface area contributed by atoms with Crippen LogP contribution in [0.4, 0.5) is 0 Å². The summed E-state index contributed by atoms with van der Waals surface area (Å²) in [5, 5.41) is 8.42. The molecule has 1 heterocycles. The fourth-order valence-corrected chi connectivity index (χ4v) is 0.716. The van der Waals surface area contributed by atoms with E-state index in [9.17, 15) is 4.79 Å². The number of carbonyl (C=O) groups is 1. The van der Waals surface area contributed by atoms with Crippen LogP contribution in [0.1, 0.15) is 5.56 Å². The number of hydrogen-bond acceptors (Lipinski definition) is 3. The predicted octanol–water partition coefficient (Wildman–Crippen LogP) is 1.20. The third-order valence-electron chi connectivity index (χ3n) is 1.37. The fourth-order valence-electron chi connectivity index (χ4n) is 0.716. The highest BCUT2D eigenvalue weighted by Gasteiger charge is 2.04. The van der Waals surface area contributed by atoms with E-state index >= 15 is 0 Å². The van der Waals surface area contributed by atoms with Crippen molar-refractivity contribution in [1.82, 2.24) is 4.98 Å². The maximum Gasteiger partial charge on any atom is 0.370 e. The van der Waals surface area contributed by atoms with Crippen LogP contribution in [0.5, 0.6) is 0 Å². The molecule has 1 aromatic rings. The van der Waals surface area contributed by atoms with Crippen LogP contribution in [0.15, 0.2) is 36.9 Å². The Kier molecular flexibility index (Phi) is 3.03. The zero-order valence-electron chi connectivity index (χ0n) is 6.93. The lowest BCUT2D eigenvalue weighted by Gasteiger charge is -2.03. The van der Waals surface area contributed by atoms with Gasteiger partial charge >= 0.3 is 5.97 Å². The molecule has 68 valence electrons. The van der Waals surface area contributed by atoms with E-state index < -0.39 is 5.97 Å². The molecule has 0 bridgehead atoms. The van der Waals surface area contributed by atoms with E-state index in [-0.39, 0.29) is 12.4 Å². The van der Waals surface area contributed by atoms with Gasteiger partial charge < -0.3 is 9.84 Å². The van der Waals surface area contributed by atoms with Crippen LogP contribution in [0.3, 0.4) is 0 Å². The van der Waals surface area contributed by atoms with Crippen molar-refractivity contribution in [3.8, 4) is 0 Å². The van der Waals surface area contributed by atoms with Crippen molar-refractivity contribution < 1.29 is 14.6 Å². The van der Waals surface area contributed by atoms with Crippen molar-refractivity contribution in [3.05, 3.63) is 42.4 Å². The molecule has 0 saturated carbocycles. The number of carboxylic acids is 1. The highest BCUT2D eigenvalue weighted by molar-refractivity contribution is 5.83. The molecule has 0 aliphatic rings. The highest BCUT2D eigenvalue weighted by atomic mass is 16.5. The summed E-state index contributed by atoms with van der Waals surface area (Å²) in [6.07, 6.45) is 3.24. The maximum absolute atomic E-state index is 10.3. The Labute approximate surface area is 75.5 Å². The lowest BCUT2D eigenvalue weighted by molar-refractivity contribution is -0.136. The first-order chi connectivity index (χ1) is 6.20. The molecule has 0 atom stereocenters. The largest absolute Gasteiger partial charge is 0.482 e. The van der Waals surface area contributed by atoms with E-state index in [1.165, 1.54) is 0 Å². The van der Waals surface area contributed by atoms with Crippen LogP contribution < -0.4 is 0 Å². The van der Waals surface area contributed by atoms with Gasteiger partial charge in [-0.15, -0.1) is 0 Å². The summed E-state index contributed by atoms with van der Waals surface area (Å²) in [7, 11) is 0. The molecular formula is C9H9NO3. The molecule has 0 amide bonds. The van der Waals surface area contributed by atoms with Crippen molar-refractivity contribution in [3.63, 3.8) is 0 Å². The van der Waals surface area contributed by atoms with Crippen LogP contribution in [-0.4, -0.2) is 16.1 Å². The van der Waals surface area contributed by atoms with Gasteiger partial charge in [-0.2, -0.15) is 0 Å². The Morgan fingerprint density at radius 2 is 2.46 bits per heavy atom. The van der Waals surface area contributed by atoms with Crippen LogP contribution in [0.25, 0.3) is 0 Å². The maximum atomic E-state index is 10.3. The van der Waals surface area contributed by atoms with E-state index in [0.717, 1.165) is 5.56 Å². The van der Waals surface area contributed by atoms with E-state index in [1.54, 1.807) is 24.5 Å². The molecule has 0 unspecified atom stereocenters. The second kappa shape index (κ2) is 4.25. The molecule has 1 rings (SSSR count). The first kappa shape index (κ1) is 9.25. The van der Waals surface area contributed by atoms with Gasteiger partial charge in [0.25, 0.3) is 0 Å². The first-order valence-corrected chi connectivity index (χ1v) is 3.64. The molecule has 0 aliphatic carbocycles.